The third-order valence-corrected chi connectivity index (χ3v) is 14.7. The third kappa shape index (κ3) is 8.28. The molecule has 0 saturated carbocycles. The predicted octanol–water partition coefficient (Wildman–Crippen LogP) is 19.3. The van der Waals surface area contributed by atoms with Crippen molar-refractivity contribution in [3.63, 3.8) is 0 Å². The quantitative estimate of drug-likeness (QED) is 0.142. The first-order chi connectivity index (χ1) is 37.8. The number of para-hydroxylation sites is 3. The van der Waals surface area contributed by atoms with E-state index >= 15 is 0 Å². The van der Waals surface area contributed by atoms with E-state index in [0.29, 0.717) is 45.0 Å². The topological polar surface area (TPSA) is 35.6 Å². The summed E-state index contributed by atoms with van der Waals surface area (Å²) in [6.07, 6.45) is -9.15. The van der Waals surface area contributed by atoms with Crippen LogP contribution in [0.1, 0.15) is 22.3 Å². The molecule has 378 valence electrons. The van der Waals surface area contributed by atoms with Crippen molar-refractivity contribution >= 4 is 43.6 Å². The fourth-order valence-electron chi connectivity index (χ4n) is 11.2. The Balaban J connectivity index is 1.11. The SMILES string of the molecule is Cc1ccc(-c2ccc3c(c2)c2ccccc2n3-c2ccccc2-c2c(-c3nc(-c4ccccc4)cc(-c4ccccc4)n3)cccc2-n2c3ccccc3c3cc(-c4ccc(C)cc4C(F)(F)F)ccc32)c(C(F)(F)F)c1. The van der Waals surface area contributed by atoms with Crippen LogP contribution in [0.4, 0.5) is 26.3 Å². The van der Waals surface area contributed by atoms with Crippen molar-refractivity contribution in [1.82, 2.24) is 19.1 Å². The van der Waals surface area contributed by atoms with Gasteiger partial charge in [-0.3, -0.25) is 0 Å². The van der Waals surface area contributed by atoms with E-state index in [2.05, 4.69) is 15.2 Å². The van der Waals surface area contributed by atoms with Crippen LogP contribution in [0.5, 0.6) is 0 Å². The average Bonchev–Trinajstić information content (AvgIpc) is 4.20. The van der Waals surface area contributed by atoms with E-state index < -0.39 is 23.5 Å². The van der Waals surface area contributed by atoms with E-state index in [4.69, 9.17) is 9.97 Å². The minimum atomic E-state index is -4.58. The van der Waals surface area contributed by atoms with Crippen LogP contribution >= 0.6 is 0 Å². The molecule has 0 fully saturated rings. The molecule has 0 bridgehead atoms. The van der Waals surface area contributed by atoms with Crippen LogP contribution in [-0.2, 0) is 12.4 Å². The van der Waals surface area contributed by atoms with E-state index in [9.17, 15) is 26.3 Å². The van der Waals surface area contributed by atoms with Crippen molar-refractivity contribution in [2.75, 3.05) is 0 Å². The molecule has 13 aromatic rings. The molecule has 4 nitrogen and oxygen atoms in total. The molecule has 0 aliphatic rings. The zero-order chi connectivity index (χ0) is 53.5. The van der Waals surface area contributed by atoms with Gasteiger partial charge in [0.25, 0.3) is 0 Å². The van der Waals surface area contributed by atoms with Crippen LogP contribution in [0, 0.1) is 13.8 Å². The fourth-order valence-corrected chi connectivity index (χ4v) is 11.2. The smallest absolute Gasteiger partial charge is 0.309 e. The van der Waals surface area contributed by atoms with Gasteiger partial charge >= 0.3 is 12.4 Å². The summed E-state index contributed by atoms with van der Waals surface area (Å²) in [5, 5.41) is 3.22. The number of halogens is 6. The van der Waals surface area contributed by atoms with Gasteiger partial charge in [-0.05, 0) is 103 Å². The van der Waals surface area contributed by atoms with Crippen LogP contribution < -0.4 is 0 Å². The Hall–Kier alpha value is -9.54. The number of benzene rings is 10. The van der Waals surface area contributed by atoms with Crippen molar-refractivity contribution in [2.45, 2.75) is 26.2 Å². The lowest BCUT2D eigenvalue weighted by Gasteiger charge is -2.21. The molecule has 0 unspecified atom stereocenters. The average molecular weight is 1030 g/mol. The van der Waals surface area contributed by atoms with Gasteiger partial charge in [0.1, 0.15) is 0 Å². The normalized spacial score (nSPS) is 12.1. The maximum absolute atomic E-state index is 14.7. The van der Waals surface area contributed by atoms with E-state index in [0.717, 1.165) is 77.2 Å². The first kappa shape index (κ1) is 48.1. The van der Waals surface area contributed by atoms with E-state index in [1.165, 1.54) is 12.1 Å². The van der Waals surface area contributed by atoms with Crippen molar-refractivity contribution in [1.29, 1.82) is 0 Å². The Labute approximate surface area is 444 Å². The summed E-state index contributed by atoms with van der Waals surface area (Å²) < 4.78 is 92.6. The summed E-state index contributed by atoms with van der Waals surface area (Å²) >= 11 is 0. The second-order valence-electron chi connectivity index (χ2n) is 19.7. The van der Waals surface area contributed by atoms with Crippen LogP contribution in [0.2, 0.25) is 0 Å². The summed E-state index contributed by atoms with van der Waals surface area (Å²) in [7, 11) is 0. The minimum absolute atomic E-state index is 0.0890. The highest BCUT2D eigenvalue weighted by molar-refractivity contribution is 6.13. The molecule has 0 radical (unpaired) electrons. The van der Waals surface area contributed by atoms with Gasteiger partial charge in [-0.2, -0.15) is 26.3 Å². The number of rotatable bonds is 8. The predicted molar refractivity (Wildman–Crippen MR) is 303 cm³/mol. The molecule has 0 atom stereocenters. The minimum Gasteiger partial charge on any atom is -0.309 e. The number of alkyl halides is 6. The first-order valence-electron chi connectivity index (χ1n) is 25.4. The highest BCUT2D eigenvalue weighted by Crippen LogP contribution is 2.47. The summed E-state index contributed by atoms with van der Waals surface area (Å²) in [6, 6.07) is 71.7. The highest BCUT2D eigenvalue weighted by Gasteiger charge is 2.35. The summed E-state index contributed by atoms with van der Waals surface area (Å²) in [5.41, 5.74) is 10.9. The number of fused-ring (bicyclic) bond motifs is 6. The molecule has 10 aromatic carbocycles. The van der Waals surface area contributed by atoms with Gasteiger partial charge in [-0.25, -0.2) is 9.97 Å². The summed E-state index contributed by atoms with van der Waals surface area (Å²) in [5.74, 6) is 0.453. The third-order valence-electron chi connectivity index (χ3n) is 14.7. The number of hydrogen-bond acceptors (Lipinski definition) is 2. The second kappa shape index (κ2) is 18.6. The Morgan fingerprint density at radius 1 is 0.321 bits per heavy atom. The molecule has 0 aliphatic heterocycles. The standard InChI is InChI=1S/C68H44F6N4/c1-41-28-32-47(55(36-41)67(69,70)71)45-30-34-62-53(38-45)49-20-9-12-24-59(49)77(62)61-26-14-11-22-51(61)65-52(66-75-57(43-16-5-3-6-17-43)40-58(76-66)44-18-7-4-8-19-44)23-15-27-64(65)78-60-25-13-10-21-50(60)54-39-46(31-35-63(54)78)48-33-29-42(2)37-56(48)68(72,73)74/h3-40H,1-2H3. The van der Waals surface area contributed by atoms with Crippen LogP contribution in [0.15, 0.2) is 231 Å². The van der Waals surface area contributed by atoms with Gasteiger partial charge in [0.2, 0.25) is 0 Å². The monoisotopic (exact) mass is 1030 g/mol. The van der Waals surface area contributed by atoms with E-state index in [1.807, 2.05) is 176 Å². The van der Waals surface area contributed by atoms with Crippen LogP contribution in [0.3, 0.4) is 0 Å². The van der Waals surface area contributed by atoms with E-state index in [-0.39, 0.29) is 11.1 Å². The maximum atomic E-state index is 14.7. The van der Waals surface area contributed by atoms with Gasteiger partial charge in [-0.15, -0.1) is 0 Å². The van der Waals surface area contributed by atoms with Gasteiger partial charge in [0.15, 0.2) is 5.82 Å². The number of hydrogen-bond donors (Lipinski definition) is 0. The Morgan fingerprint density at radius 3 is 1.26 bits per heavy atom. The highest BCUT2D eigenvalue weighted by atomic mass is 19.4. The summed E-state index contributed by atoms with van der Waals surface area (Å²) in [6.45, 7) is 3.32. The molecule has 13 rings (SSSR count). The van der Waals surface area contributed by atoms with Crippen LogP contribution in [-0.4, -0.2) is 19.1 Å². The zero-order valence-electron chi connectivity index (χ0n) is 42.0. The van der Waals surface area contributed by atoms with Crippen molar-refractivity contribution in [3.05, 3.63) is 253 Å². The largest absolute Gasteiger partial charge is 0.417 e. The molecule has 3 aromatic heterocycles. The number of nitrogens with zero attached hydrogens (tertiary/aromatic N) is 4. The van der Waals surface area contributed by atoms with Gasteiger partial charge in [0.05, 0.1) is 56.0 Å². The maximum Gasteiger partial charge on any atom is 0.417 e. The Bertz CT molecular complexity index is 4440. The van der Waals surface area contributed by atoms with Crippen molar-refractivity contribution in [2.24, 2.45) is 0 Å². The molecule has 10 heteroatoms. The Kier molecular flexibility index (Phi) is 11.5. The zero-order valence-corrected chi connectivity index (χ0v) is 42.0. The van der Waals surface area contributed by atoms with E-state index in [1.54, 1.807) is 50.2 Å². The Morgan fingerprint density at radius 2 is 0.744 bits per heavy atom. The molecule has 0 spiro atoms. The number of aromatic nitrogens is 4. The van der Waals surface area contributed by atoms with Crippen molar-refractivity contribution in [3.8, 4) is 78.7 Å². The van der Waals surface area contributed by atoms with Gasteiger partial charge in [-0.1, -0.05) is 175 Å². The second-order valence-corrected chi connectivity index (χ2v) is 19.7. The molecule has 0 amide bonds. The van der Waals surface area contributed by atoms with Crippen molar-refractivity contribution < 1.29 is 26.3 Å². The molecular formula is C68H44F6N4. The molecule has 78 heavy (non-hydrogen) atoms. The lowest BCUT2D eigenvalue weighted by atomic mass is 9.94. The molecule has 0 saturated heterocycles. The van der Waals surface area contributed by atoms with Gasteiger partial charge < -0.3 is 9.13 Å². The lowest BCUT2D eigenvalue weighted by Crippen LogP contribution is -2.07. The molecule has 3 heterocycles. The van der Waals surface area contributed by atoms with Gasteiger partial charge in [0, 0.05) is 49.4 Å². The molecular weight excluding hydrogens is 987 g/mol. The lowest BCUT2D eigenvalue weighted by molar-refractivity contribution is -0.137. The molecule has 0 aliphatic carbocycles. The summed E-state index contributed by atoms with van der Waals surface area (Å²) in [4.78, 5) is 10.7. The fraction of sp³-hybridized carbons (Fsp3) is 0.0588. The first-order valence-corrected chi connectivity index (χ1v) is 25.4. The van der Waals surface area contributed by atoms with Crippen LogP contribution in [0.25, 0.3) is 122 Å². The number of aryl methyl sites for hydroxylation is 2. The molecule has 0 N–H and O–H groups in total.